The molecule has 22 heavy (non-hydrogen) atoms. The number of rotatable bonds is 2. The van der Waals surface area contributed by atoms with E-state index >= 15 is 0 Å². The second-order valence-electron chi connectivity index (χ2n) is 5.35. The van der Waals surface area contributed by atoms with Crippen molar-refractivity contribution in [1.82, 2.24) is 9.55 Å². The summed E-state index contributed by atoms with van der Waals surface area (Å²) in [6.45, 7) is 0.548. The fourth-order valence-corrected chi connectivity index (χ4v) is 2.80. The minimum absolute atomic E-state index is 0.0770. The summed E-state index contributed by atoms with van der Waals surface area (Å²) in [5, 5.41) is 2.39. The zero-order valence-electron chi connectivity index (χ0n) is 11.9. The average Bonchev–Trinajstić information content (AvgIpc) is 2.57. The molecule has 0 bridgehead atoms. The zero-order valence-corrected chi connectivity index (χ0v) is 11.9. The van der Waals surface area contributed by atoms with E-state index in [1.54, 1.807) is 4.57 Å². The molecule has 0 atom stereocenters. The highest BCUT2D eigenvalue weighted by atomic mass is 16.1. The molecule has 0 amide bonds. The summed E-state index contributed by atoms with van der Waals surface area (Å²) >= 11 is 0. The first kappa shape index (κ1) is 12.8. The number of fused-ring (bicyclic) bond motifs is 2. The normalized spacial score (nSPS) is 11.1. The van der Waals surface area contributed by atoms with Crippen LogP contribution >= 0.6 is 0 Å². The quantitative estimate of drug-likeness (QED) is 0.564. The monoisotopic (exact) mass is 286 g/mol. The van der Waals surface area contributed by atoms with E-state index in [2.05, 4.69) is 35.3 Å². The molecule has 106 valence electrons. The number of aromatic nitrogens is 2. The summed E-state index contributed by atoms with van der Waals surface area (Å²) in [6.07, 6.45) is 1.39. The Hall–Kier alpha value is -2.94. The van der Waals surface area contributed by atoms with E-state index in [0.717, 1.165) is 16.6 Å². The zero-order chi connectivity index (χ0) is 14.9. The molecule has 0 aliphatic rings. The van der Waals surface area contributed by atoms with Crippen LogP contribution in [0.5, 0.6) is 0 Å². The van der Waals surface area contributed by atoms with Crippen molar-refractivity contribution in [2.24, 2.45) is 0 Å². The molecule has 3 heteroatoms. The Labute approximate surface area is 127 Å². The van der Waals surface area contributed by atoms with Crippen LogP contribution in [0.3, 0.4) is 0 Å². The second kappa shape index (κ2) is 5.11. The second-order valence-corrected chi connectivity index (χ2v) is 5.35. The molecule has 4 aromatic rings. The first-order valence-corrected chi connectivity index (χ1v) is 7.23. The van der Waals surface area contributed by atoms with Gasteiger partial charge in [0, 0.05) is 0 Å². The highest BCUT2D eigenvalue weighted by Crippen LogP contribution is 2.17. The summed E-state index contributed by atoms with van der Waals surface area (Å²) in [5.74, 6) is 0. The van der Waals surface area contributed by atoms with Gasteiger partial charge in [-0.1, -0.05) is 48.5 Å². The summed E-state index contributed by atoms with van der Waals surface area (Å²) < 4.78 is 1.77. The predicted molar refractivity (Wildman–Crippen MR) is 89.1 cm³/mol. The van der Waals surface area contributed by atoms with Gasteiger partial charge < -0.3 is 4.57 Å². The Kier molecular flexibility index (Phi) is 2.97. The Bertz CT molecular complexity index is 1030. The molecule has 0 unspecified atom stereocenters. The van der Waals surface area contributed by atoms with Crippen molar-refractivity contribution in [3.8, 4) is 0 Å². The Balaban J connectivity index is 1.85. The molecule has 1 heterocycles. The smallest absolute Gasteiger partial charge is 0.269 e. The molecule has 0 saturated carbocycles. The SMILES string of the molecule is O=c1cnc2ccccc2n1Cc1ccc2ccccc2c1. The summed E-state index contributed by atoms with van der Waals surface area (Å²) in [7, 11) is 0. The lowest BCUT2D eigenvalue weighted by atomic mass is 10.1. The van der Waals surface area contributed by atoms with Crippen LogP contribution in [0.2, 0.25) is 0 Å². The van der Waals surface area contributed by atoms with Crippen molar-refractivity contribution < 1.29 is 0 Å². The van der Waals surface area contributed by atoms with Crippen LogP contribution in [0.15, 0.2) is 77.7 Å². The van der Waals surface area contributed by atoms with E-state index in [4.69, 9.17) is 0 Å². The standard InChI is InChI=1S/C19H14N2O/c22-19-12-20-17-7-3-4-8-18(17)21(19)13-14-9-10-15-5-1-2-6-16(15)11-14/h1-12H,13H2. The van der Waals surface area contributed by atoms with Crippen molar-refractivity contribution in [2.45, 2.75) is 6.54 Å². The third-order valence-corrected chi connectivity index (χ3v) is 3.91. The van der Waals surface area contributed by atoms with Crippen molar-refractivity contribution in [1.29, 1.82) is 0 Å². The van der Waals surface area contributed by atoms with Gasteiger partial charge in [0.05, 0.1) is 23.8 Å². The maximum Gasteiger partial charge on any atom is 0.269 e. The van der Waals surface area contributed by atoms with Crippen molar-refractivity contribution >= 4 is 21.8 Å². The summed E-state index contributed by atoms with van der Waals surface area (Å²) in [6, 6.07) is 22.3. The number of hydrogen-bond acceptors (Lipinski definition) is 2. The fourth-order valence-electron chi connectivity index (χ4n) is 2.80. The van der Waals surface area contributed by atoms with Crippen LogP contribution in [0.25, 0.3) is 21.8 Å². The lowest BCUT2D eigenvalue weighted by Gasteiger charge is -2.10. The molecule has 0 aliphatic heterocycles. The first-order valence-electron chi connectivity index (χ1n) is 7.23. The fraction of sp³-hybridized carbons (Fsp3) is 0.0526. The molecule has 3 nitrogen and oxygen atoms in total. The van der Waals surface area contributed by atoms with Crippen molar-refractivity contribution in [3.05, 3.63) is 88.8 Å². The highest BCUT2D eigenvalue weighted by Gasteiger charge is 2.05. The minimum Gasteiger partial charge on any atom is -0.301 e. The molecule has 0 N–H and O–H groups in total. The average molecular weight is 286 g/mol. The highest BCUT2D eigenvalue weighted by molar-refractivity contribution is 5.83. The molecule has 3 aromatic carbocycles. The van der Waals surface area contributed by atoms with Crippen LogP contribution in [-0.4, -0.2) is 9.55 Å². The van der Waals surface area contributed by atoms with E-state index < -0.39 is 0 Å². The van der Waals surface area contributed by atoms with Gasteiger partial charge in [-0.05, 0) is 34.5 Å². The minimum atomic E-state index is -0.0770. The van der Waals surface area contributed by atoms with E-state index in [-0.39, 0.29) is 5.56 Å². The topological polar surface area (TPSA) is 34.9 Å². The Morgan fingerprint density at radius 1 is 0.864 bits per heavy atom. The van der Waals surface area contributed by atoms with E-state index in [1.807, 2.05) is 36.4 Å². The summed E-state index contributed by atoms with van der Waals surface area (Å²) in [4.78, 5) is 16.4. The van der Waals surface area contributed by atoms with Gasteiger partial charge in [-0.15, -0.1) is 0 Å². The number of hydrogen-bond donors (Lipinski definition) is 0. The predicted octanol–water partition coefficient (Wildman–Crippen LogP) is 3.60. The van der Waals surface area contributed by atoms with E-state index in [1.165, 1.54) is 17.0 Å². The lowest BCUT2D eigenvalue weighted by molar-refractivity contribution is 0.788. The number of nitrogens with zero attached hydrogens (tertiary/aromatic N) is 2. The van der Waals surface area contributed by atoms with E-state index in [9.17, 15) is 4.79 Å². The third kappa shape index (κ3) is 2.17. The van der Waals surface area contributed by atoms with Crippen molar-refractivity contribution in [3.63, 3.8) is 0 Å². The van der Waals surface area contributed by atoms with Gasteiger partial charge in [-0.3, -0.25) is 4.79 Å². The van der Waals surface area contributed by atoms with Gasteiger partial charge in [0.2, 0.25) is 0 Å². The van der Waals surface area contributed by atoms with Crippen LogP contribution in [-0.2, 0) is 6.54 Å². The maximum absolute atomic E-state index is 12.2. The van der Waals surface area contributed by atoms with Gasteiger partial charge in [-0.25, -0.2) is 4.98 Å². The lowest BCUT2D eigenvalue weighted by Crippen LogP contribution is -2.21. The number of para-hydroxylation sites is 2. The van der Waals surface area contributed by atoms with Gasteiger partial charge in [0.25, 0.3) is 5.56 Å². The molecule has 0 spiro atoms. The van der Waals surface area contributed by atoms with Crippen LogP contribution < -0.4 is 5.56 Å². The first-order chi connectivity index (χ1) is 10.8. The molecule has 0 saturated heterocycles. The van der Waals surface area contributed by atoms with Crippen LogP contribution in [0, 0.1) is 0 Å². The van der Waals surface area contributed by atoms with Gasteiger partial charge >= 0.3 is 0 Å². The molecule has 0 radical (unpaired) electrons. The molecular formula is C19H14N2O. The largest absolute Gasteiger partial charge is 0.301 e. The molecule has 4 rings (SSSR count). The van der Waals surface area contributed by atoms with E-state index in [0.29, 0.717) is 6.54 Å². The molecule has 0 fully saturated rings. The van der Waals surface area contributed by atoms with Crippen LogP contribution in [0.1, 0.15) is 5.56 Å². The van der Waals surface area contributed by atoms with Crippen molar-refractivity contribution in [2.75, 3.05) is 0 Å². The van der Waals surface area contributed by atoms with Gasteiger partial charge in [0.15, 0.2) is 0 Å². The van der Waals surface area contributed by atoms with Crippen LogP contribution in [0.4, 0.5) is 0 Å². The summed E-state index contributed by atoms with van der Waals surface area (Å²) in [5.41, 5.74) is 2.73. The Morgan fingerprint density at radius 3 is 2.55 bits per heavy atom. The Morgan fingerprint density at radius 2 is 1.64 bits per heavy atom. The third-order valence-electron chi connectivity index (χ3n) is 3.91. The molecule has 1 aromatic heterocycles. The molecular weight excluding hydrogens is 272 g/mol. The number of benzene rings is 3. The van der Waals surface area contributed by atoms with Gasteiger partial charge in [-0.2, -0.15) is 0 Å². The van der Waals surface area contributed by atoms with Gasteiger partial charge in [0.1, 0.15) is 0 Å². The maximum atomic E-state index is 12.2. The molecule has 0 aliphatic carbocycles.